The van der Waals surface area contributed by atoms with Crippen molar-refractivity contribution in [3.8, 4) is 11.1 Å². The summed E-state index contributed by atoms with van der Waals surface area (Å²) in [5.41, 5.74) is 4.64. The molecule has 4 rings (SSSR count). The van der Waals surface area contributed by atoms with E-state index in [0.717, 1.165) is 11.1 Å². The highest BCUT2D eigenvalue weighted by molar-refractivity contribution is 5.85. The number of carboxylic acid groups (broad SMARTS) is 1. The predicted octanol–water partition coefficient (Wildman–Crippen LogP) is 3.84. The number of ether oxygens (including phenoxy) is 1. The molecule has 2 aliphatic rings. The van der Waals surface area contributed by atoms with Gasteiger partial charge in [0.05, 0.1) is 0 Å². The lowest BCUT2D eigenvalue weighted by Crippen LogP contribution is -2.43. The Hall–Kier alpha value is -3.61. The predicted molar refractivity (Wildman–Crippen MR) is 124 cm³/mol. The number of carboxylic acids is 1. The molecule has 33 heavy (non-hydrogen) atoms. The third-order valence-electron chi connectivity index (χ3n) is 6.49. The van der Waals surface area contributed by atoms with Crippen LogP contribution in [0.25, 0.3) is 11.1 Å². The van der Waals surface area contributed by atoms with Crippen LogP contribution < -0.4 is 10.6 Å². The van der Waals surface area contributed by atoms with Gasteiger partial charge in [-0.05, 0) is 47.9 Å². The molecule has 0 bridgehead atoms. The summed E-state index contributed by atoms with van der Waals surface area (Å²) < 4.78 is 5.59. The third-order valence-corrected chi connectivity index (χ3v) is 6.49. The van der Waals surface area contributed by atoms with Crippen LogP contribution in [0.5, 0.6) is 0 Å². The first-order valence-corrected chi connectivity index (χ1v) is 11.2. The lowest BCUT2D eigenvalue weighted by molar-refractivity contribution is -0.142. The number of alkyl carbamates (subject to hydrolysis) is 1. The molecule has 7 heteroatoms. The Labute approximate surface area is 192 Å². The third kappa shape index (κ3) is 4.92. The molecule has 2 amide bonds. The van der Waals surface area contributed by atoms with Crippen molar-refractivity contribution in [3.63, 3.8) is 0 Å². The molecule has 2 aliphatic carbocycles. The van der Waals surface area contributed by atoms with Gasteiger partial charge < -0.3 is 20.5 Å². The smallest absolute Gasteiger partial charge is 0.407 e. The molecule has 3 atom stereocenters. The van der Waals surface area contributed by atoms with E-state index in [2.05, 4.69) is 41.5 Å². The van der Waals surface area contributed by atoms with Crippen LogP contribution in [-0.4, -0.2) is 41.8 Å². The zero-order valence-electron chi connectivity index (χ0n) is 18.3. The van der Waals surface area contributed by atoms with E-state index >= 15 is 0 Å². The molecule has 1 unspecified atom stereocenters. The summed E-state index contributed by atoms with van der Waals surface area (Å²) in [6.45, 7) is 3.76. The lowest BCUT2D eigenvalue weighted by Gasteiger charge is -2.18. The van der Waals surface area contributed by atoms with E-state index in [1.807, 2.05) is 24.3 Å². The van der Waals surface area contributed by atoms with E-state index in [1.54, 1.807) is 0 Å². The fourth-order valence-corrected chi connectivity index (χ4v) is 4.84. The summed E-state index contributed by atoms with van der Waals surface area (Å²) >= 11 is 0. The zero-order chi connectivity index (χ0) is 23.4. The number of carbonyl (C=O) groups is 3. The van der Waals surface area contributed by atoms with Gasteiger partial charge in [-0.25, -0.2) is 9.59 Å². The number of aliphatic carboxylic acids is 1. The van der Waals surface area contributed by atoms with Crippen molar-refractivity contribution in [3.05, 3.63) is 72.3 Å². The maximum Gasteiger partial charge on any atom is 0.407 e. The Balaban J connectivity index is 1.29. The Morgan fingerprint density at radius 3 is 2.30 bits per heavy atom. The number of benzene rings is 2. The minimum Gasteiger partial charge on any atom is -0.480 e. The van der Waals surface area contributed by atoms with Crippen LogP contribution >= 0.6 is 0 Å². The van der Waals surface area contributed by atoms with Gasteiger partial charge >= 0.3 is 12.1 Å². The molecule has 2 aromatic rings. The highest BCUT2D eigenvalue weighted by Crippen LogP contribution is 2.44. The van der Waals surface area contributed by atoms with Crippen molar-refractivity contribution in [2.75, 3.05) is 6.61 Å². The van der Waals surface area contributed by atoms with E-state index in [0.29, 0.717) is 19.3 Å². The van der Waals surface area contributed by atoms with Crippen LogP contribution in [0.2, 0.25) is 0 Å². The fraction of sp³-hybridized carbons (Fsp3) is 0.346. The van der Waals surface area contributed by atoms with Gasteiger partial charge in [0.15, 0.2) is 0 Å². The number of fused-ring (bicyclic) bond motifs is 3. The number of rotatable bonds is 8. The van der Waals surface area contributed by atoms with Crippen molar-refractivity contribution in [1.82, 2.24) is 10.6 Å². The first-order chi connectivity index (χ1) is 16.0. The molecule has 0 aromatic heterocycles. The summed E-state index contributed by atoms with van der Waals surface area (Å²) in [4.78, 5) is 36.2. The molecule has 1 saturated carbocycles. The Morgan fingerprint density at radius 1 is 1.06 bits per heavy atom. The van der Waals surface area contributed by atoms with Gasteiger partial charge in [0, 0.05) is 17.9 Å². The van der Waals surface area contributed by atoms with Gasteiger partial charge in [0.2, 0.25) is 5.91 Å². The van der Waals surface area contributed by atoms with E-state index in [9.17, 15) is 19.5 Å². The monoisotopic (exact) mass is 448 g/mol. The molecule has 7 nitrogen and oxygen atoms in total. The van der Waals surface area contributed by atoms with E-state index < -0.39 is 18.1 Å². The second-order valence-corrected chi connectivity index (χ2v) is 8.60. The molecule has 0 aliphatic heterocycles. The highest BCUT2D eigenvalue weighted by atomic mass is 16.5. The molecule has 3 N–H and O–H groups in total. The quantitative estimate of drug-likeness (QED) is 0.532. The summed E-state index contributed by atoms with van der Waals surface area (Å²) in [6, 6.07) is 15.1. The maximum atomic E-state index is 12.5. The molecular formula is C26H28N2O5. The van der Waals surface area contributed by atoms with Crippen LogP contribution in [0.3, 0.4) is 0 Å². The number of amides is 2. The van der Waals surface area contributed by atoms with E-state index in [-0.39, 0.29) is 36.8 Å². The first kappa shape index (κ1) is 22.6. The highest BCUT2D eigenvalue weighted by Gasteiger charge is 2.34. The number of nitrogens with one attached hydrogen (secondary N) is 2. The SMILES string of the molecule is C=CCC(NC(=O)[C@H]1CC[C@@H](NC(=O)OCC2c3ccccc3-c3ccccc32)C1)C(=O)O. The molecule has 2 aromatic carbocycles. The van der Waals surface area contributed by atoms with Gasteiger partial charge in [-0.3, -0.25) is 4.79 Å². The maximum absolute atomic E-state index is 12.5. The Kier molecular flexibility index (Phi) is 6.77. The zero-order valence-corrected chi connectivity index (χ0v) is 18.3. The first-order valence-electron chi connectivity index (χ1n) is 11.2. The fourth-order valence-electron chi connectivity index (χ4n) is 4.84. The topological polar surface area (TPSA) is 105 Å². The minimum atomic E-state index is -1.09. The largest absolute Gasteiger partial charge is 0.480 e. The number of carbonyl (C=O) groups excluding carboxylic acids is 2. The summed E-state index contributed by atoms with van der Waals surface area (Å²) in [5.74, 6) is -1.74. The van der Waals surface area contributed by atoms with Crippen molar-refractivity contribution >= 4 is 18.0 Å². The molecule has 0 heterocycles. The van der Waals surface area contributed by atoms with Gasteiger partial charge in [-0.2, -0.15) is 0 Å². The van der Waals surface area contributed by atoms with E-state index in [4.69, 9.17) is 4.74 Å². The summed E-state index contributed by atoms with van der Waals surface area (Å²) in [5, 5.41) is 14.6. The van der Waals surface area contributed by atoms with Gasteiger partial charge in [0.25, 0.3) is 0 Å². The number of hydrogen-bond acceptors (Lipinski definition) is 4. The van der Waals surface area contributed by atoms with Crippen molar-refractivity contribution in [2.45, 2.75) is 43.7 Å². The number of hydrogen-bond donors (Lipinski definition) is 3. The molecule has 1 fully saturated rings. The summed E-state index contributed by atoms with van der Waals surface area (Å²) in [6.07, 6.45) is 2.81. The standard InChI is InChI=1S/C26H28N2O5/c1-2-7-23(25(30)31)28-24(29)16-12-13-17(14-16)27-26(32)33-15-22-20-10-5-3-8-18(20)19-9-4-6-11-21(19)22/h2-6,8-11,16-17,22-23H,1,7,12-15H2,(H,27,32)(H,28,29)(H,30,31)/t16-,17+,23?/m0/s1. The second kappa shape index (κ2) is 9.90. The second-order valence-electron chi connectivity index (χ2n) is 8.60. The normalized spacial score (nSPS) is 19.8. The van der Waals surface area contributed by atoms with Gasteiger partial charge in [-0.15, -0.1) is 6.58 Å². The van der Waals surface area contributed by atoms with Crippen molar-refractivity contribution in [2.24, 2.45) is 5.92 Å². The Bertz CT molecular complexity index is 1020. The minimum absolute atomic E-state index is 0.0110. The molecule has 0 saturated heterocycles. The van der Waals surface area contributed by atoms with Crippen LogP contribution in [0.4, 0.5) is 4.79 Å². The van der Waals surface area contributed by atoms with Crippen LogP contribution in [-0.2, 0) is 14.3 Å². The molecule has 0 spiro atoms. The summed E-state index contributed by atoms with van der Waals surface area (Å²) in [7, 11) is 0. The lowest BCUT2D eigenvalue weighted by atomic mass is 9.98. The van der Waals surface area contributed by atoms with Crippen molar-refractivity contribution < 1.29 is 24.2 Å². The van der Waals surface area contributed by atoms with Crippen LogP contribution in [0.1, 0.15) is 42.7 Å². The van der Waals surface area contributed by atoms with Crippen molar-refractivity contribution in [1.29, 1.82) is 0 Å². The average molecular weight is 449 g/mol. The van der Waals surface area contributed by atoms with Crippen LogP contribution in [0.15, 0.2) is 61.2 Å². The van der Waals surface area contributed by atoms with E-state index in [1.165, 1.54) is 17.2 Å². The Morgan fingerprint density at radius 2 is 1.70 bits per heavy atom. The molecular weight excluding hydrogens is 420 g/mol. The van der Waals surface area contributed by atoms with Crippen LogP contribution in [0, 0.1) is 5.92 Å². The molecule has 0 radical (unpaired) electrons. The van der Waals surface area contributed by atoms with Gasteiger partial charge in [-0.1, -0.05) is 54.6 Å². The average Bonchev–Trinajstić information content (AvgIpc) is 3.40. The van der Waals surface area contributed by atoms with Gasteiger partial charge in [0.1, 0.15) is 12.6 Å². The molecule has 172 valence electrons.